The summed E-state index contributed by atoms with van der Waals surface area (Å²) in [6.45, 7) is 0. The number of aromatic nitrogens is 1. The van der Waals surface area contributed by atoms with Crippen molar-refractivity contribution >= 4 is 34.3 Å². The first-order valence-electron chi connectivity index (χ1n) is 4.39. The van der Waals surface area contributed by atoms with Gasteiger partial charge in [0.15, 0.2) is 0 Å². The fraction of sp³-hybridized carbons (Fsp3) is 0.100. The van der Waals surface area contributed by atoms with Crippen LogP contribution in [0.2, 0.25) is 5.02 Å². The molecule has 16 heavy (non-hydrogen) atoms. The predicted molar refractivity (Wildman–Crippen MR) is 59.0 cm³/mol. The third-order valence-electron chi connectivity index (χ3n) is 2.23. The SMILES string of the molecule is COC(=O)c1c(N)[nH]c2cc(Cl)cc(F)c12. The molecule has 0 radical (unpaired) electrons. The number of nitrogen functional groups attached to an aromatic ring is 1. The summed E-state index contributed by atoms with van der Waals surface area (Å²) in [6.07, 6.45) is 0. The molecule has 4 nitrogen and oxygen atoms in total. The number of nitrogens with two attached hydrogens (primary N) is 1. The molecule has 84 valence electrons. The van der Waals surface area contributed by atoms with E-state index in [-0.39, 0.29) is 21.8 Å². The fourth-order valence-corrected chi connectivity index (χ4v) is 1.79. The minimum atomic E-state index is -0.690. The van der Waals surface area contributed by atoms with E-state index in [0.29, 0.717) is 5.52 Å². The van der Waals surface area contributed by atoms with Crippen LogP contribution in [0.5, 0.6) is 0 Å². The standard InChI is InChI=1S/C10H8ClFN2O2/c1-16-10(15)8-7-5(12)2-4(11)3-6(7)14-9(8)13/h2-3,14H,13H2,1H3. The van der Waals surface area contributed by atoms with Gasteiger partial charge in [0.2, 0.25) is 0 Å². The molecule has 3 N–H and O–H groups in total. The highest BCUT2D eigenvalue weighted by atomic mass is 35.5. The Bertz CT molecular complexity index is 580. The van der Waals surface area contributed by atoms with E-state index in [1.165, 1.54) is 13.2 Å². The van der Waals surface area contributed by atoms with Crippen LogP contribution < -0.4 is 5.73 Å². The van der Waals surface area contributed by atoms with Gasteiger partial charge in [-0.1, -0.05) is 11.6 Å². The number of esters is 1. The summed E-state index contributed by atoms with van der Waals surface area (Å²) in [4.78, 5) is 14.1. The summed E-state index contributed by atoms with van der Waals surface area (Å²) < 4.78 is 18.2. The van der Waals surface area contributed by atoms with Gasteiger partial charge in [-0.2, -0.15) is 0 Å². The molecule has 6 heteroatoms. The van der Waals surface area contributed by atoms with Gasteiger partial charge in [0.1, 0.15) is 17.2 Å². The number of anilines is 1. The first kappa shape index (κ1) is 10.8. The average molecular weight is 243 g/mol. The van der Waals surface area contributed by atoms with E-state index in [2.05, 4.69) is 9.72 Å². The Kier molecular flexibility index (Phi) is 2.47. The van der Waals surface area contributed by atoms with E-state index >= 15 is 0 Å². The number of fused-ring (bicyclic) bond motifs is 1. The van der Waals surface area contributed by atoms with Crippen LogP contribution in [0.3, 0.4) is 0 Å². The first-order chi connectivity index (χ1) is 7.54. The summed E-state index contributed by atoms with van der Waals surface area (Å²) in [6, 6.07) is 2.60. The number of H-pyrrole nitrogens is 1. The summed E-state index contributed by atoms with van der Waals surface area (Å²) in [7, 11) is 1.20. The van der Waals surface area contributed by atoms with E-state index in [1.54, 1.807) is 0 Å². The number of halogens is 2. The number of methoxy groups -OCH3 is 1. The van der Waals surface area contributed by atoms with E-state index < -0.39 is 11.8 Å². The molecule has 0 saturated carbocycles. The molecule has 0 unspecified atom stereocenters. The van der Waals surface area contributed by atoms with Gasteiger partial charge in [-0.05, 0) is 12.1 Å². The fourth-order valence-electron chi connectivity index (χ4n) is 1.58. The highest BCUT2D eigenvalue weighted by Gasteiger charge is 2.20. The number of nitrogens with one attached hydrogen (secondary N) is 1. The highest BCUT2D eigenvalue weighted by molar-refractivity contribution is 6.31. The van der Waals surface area contributed by atoms with E-state index in [0.717, 1.165) is 6.07 Å². The van der Waals surface area contributed by atoms with Crippen LogP contribution in [0.25, 0.3) is 10.9 Å². The zero-order valence-electron chi connectivity index (χ0n) is 8.30. The lowest BCUT2D eigenvalue weighted by Gasteiger charge is -1.99. The maximum atomic E-state index is 13.6. The summed E-state index contributed by atoms with van der Waals surface area (Å²) in [5.41, 5.74) is 5.94. The van der Waals surface area contributed by atoms with Crippen LogP contribution in [0, 0.1) is 5.82 Å². The molecule has 0 aliphatic heterocycles. The lowest BCUT2D eigenvalue weighted by Crippen LogP contribution is -2.04. The van der Waals surface area contributed by atoms with Gasteiger partial charge < -0.3 is 15.5 Å². The molecule has 0 atom stereocenters. The normalized spacial score (nSPS) is 10.7. The molecule has 0 fully saturated rings. The Balaban J connectivity index is 2.84. The topological polar surface area (TPSA) is 68.1 Å². The largest absolute Gasteiger partial charge is 0.465 e. The van der Waals surface area contributed by atoms with Crippen LogP contribution in [0.1, 0.15) is 10.4 Å². The third kappa shape index (κ3) is 1.49. The van der Waals surface area contributed by atoms with Crippen LogP contribution >= 0.6 is 11.6 Å². The van der Waals surface area contributed by atoms with Gasteiger partial charge in [0.25, 0.3) is 0 Å². The quantitative estimate of drug-likeness (QED) is 0.754. The summed E-state index contributed by atoms with van der Waals surface area (Å²) >= 11 is 5.68. The van der Waals surface area contributed by atoms with Gasteiger partial charge >= 0.3 is 5.97 Å². The summed E-state index contributed by atoms with van der Waals surface area (Å²) in [5.74, 6) is -1.25. The van der Waals surface area contributed by atoms with Crippen LogP contribution in [0.15, 0.2) is 12.1 Å². The second-order valence-corrected chi connectivity index (χ2v) is 3.65. The lowest BCUT2D eigenvalue weighted by atomic mass is 10.1. The molecule has 0 saturated heterocycles. The Labute approximate surface area is 95.1 Å². The Morgan fingerprint density at radius 1 is 1.56 bits per heavy atom. The summed E-state index contributed by atoms with van der Waals surface area (Å²) in [5, 5.41) is 0.316. The van der Waals surface area contributed by atoms with E-state index in [9.17, 15) is 9.18 Å². The molecule has 1 aromatic carbocycles. The monoisotopic (exact) mass is 242 g/mol. The number of aromatic amines is 1. The van der Waals surface area contributed by atoms with Gasteiger partial charge in [-0.3, -0.25) is 0 Å². The number of carbonyl (C=O) groups excluding carboxylic acids is 1. The van der Waals surface area contributed by atoms with Crippen molar-refractivity contribution in [3.63, 3.8) is 0 Å². The van der Waals surface area contributed by atoms with Crippen molar-refractivity contribution in [1.82, 2.24) is 4.98 Å². The molecule has 0 bridgehead atoms. The molecule has 2 rings (SSSR count). The minimum Gasteiger partial charge on any atom is -0.465 e. The average Bonchev–Trinajstić information content (AvgIpc) is 2.53. The van der Waals surface area contributed by atoms with Crippen LogP contribution in [-0.4, -0.2) is 18.1 Å². The molecule has 2 aromatic rings. The van der Waals surface area contributed by atoms with Crippen LogP contribution in [0.4, 0.5) is 10.2 Å². The highest BCUT2D eigenvalue weighted by Crippen LogP contribution is 2.29. The zero-order chi connectivity index (χ0) is 11.9. The number of benzene rings is 1. The predicted octanol–water partition coefficient (Wildman–Crippen LogP) is 2.33. The smallest absolute Gasteiger partial charge is 0.342 e. The van der Waals surface area contributed by atoms with Gasteiger partial charge in [-0.25, -0.2) is 9.18 Å². The number of hydrogen-bond donors (Lipinski definition) is 2. The van der Waals surface area contributed by atoms with Crippen molar-refractivity contribution in [1.29, 1.82) is 0 Å². The van der Waals surface area contributed by atoms with Gasteiger partial charge in [0.05, 0.1) is 18.0 Å². The lowest BCUT2D eigenvalue weighted by molar-refractivity contribution is 0.0604. The van der Waals surface area contributed by atoms with Crippen molar-refractivity contribution in [3.05, 3.63) is 28.5 Å². The molecule has 0 aliphatic rings. The number of hydrogen-bond acceptors (Lipinski definition) is 3. The molecular weight excluding hydrogens is 235 g/mol. The van der Waals surface area contributed by atoms with E-state index in [1.807, 2.05) is 0 Å². The van der Waals surface area contributed by atoms with Crippen molar-refractivity contribution < 1.29 is 13.9 Å². The molecular formula is C10H8ClFN2O2. The van der Waals surface area contributed by atoms with Crippen molar-refractivity contribution in [2.45, 2.75) is 0 Å². The zero-order valence-corrected chi connectivity index (χ0v) is 9.06. The molecule has 1 heterocycles. The Morgan fingerprint density at radius 2 is 2.25 bits per heavy atom. The number of carbonyl (C=O) groups is 1. The number of ether oxygens (including phenoxy) is 1. The number of rotatable bonds is 1. The second-order valence-electron chi connectivity index (χ2n) is 3.22. The maximum Gasteiger partial charge on any atom is 0.342 e. The molecule has 0 spiro atoms. The molecule has 0 aliphatic carbocycles. The van der Waals surface area contributed by atoms with Crippen molar-refractivity contribution in [2.75, 3.05) is 12.8 Å². The van der Waals surface area contributed by atoms with Crippen LogP contribution in [-0.2, 0) is 4.74 Å². The van der Waals surface area contributed by atoms with E-state index in [4.69, 9.17) is 17.3 Å². The van der Waals surface area contributed by atoms with Gasteiger partial charge in [-0.15, -0.1) is 0 Å². The first-order valence-corrected chi connectivity index (χ1v) is 4.77. The Hall–Kier alpha value is -1.75. The molecule has 1 aromatic heterocycles. The van der Waals surface area contributed by atoms with Crippen molar-refractivity contribution in [2.24, 2.45) is 0 Å². The van der Waals surface area contributed by atoms with Crippen molar-refractivity contribution in [3.8, 4) is 0 Å². The van der Waals surface area contributed by atoms with Gasteiger partial charge in [0, 0.05) is 5.02 Å². The minimum absolute atomic E-state index is 0.00772. The Morgan fingerprint density at radius 3 is 2.88 bits per heavy atom. The second kappa shape index (κ2) is 3.68. The molecule has 0 amide bonds. The maximum absolute atomic E-state index is 13.6. The third-order valence-corrected chi connectivity index (χ3v) is 2.45.